The van der Waals surface area contributed by atoms with Gasteiger partial charge in [-0.15, -0.1) is 0 Å². The molecule has 0 amide bonds. The fourth-order valence-electron chi connectivity index (χ4n) is 1.16. The van der Waals surface area contributed by atoms with Gasteiger partial charge >= 0.3 is 0 Å². The number of rotatable bonds is 3. The molecule has 0 fully saturated rings. The summed E-state index contributed by atoms with van der Waals surface area (Å²) >= 11 is 3.47. The maximum Gasteiger partial charge on any atom is 0.120 e. The molecule has 1 aromatic rings. The Bertz CT molecular complexity index is 288. The van der Waals surface area contributed by atoms with Crippen molar-refractivity contribution in [3.05, 3.63) is 28.2 Å². The minimum absolute atomic E-state index is 0.0975. The van der Waals surface area contributed by atoms with Gasteiger partial charge in [0.1, 0.15) is 5.75 Å². The summed E-state index contributed by atoms with van der Waals surface area (Å²) in [6.45, 7) is 2.07. The monoisotopic (exact) mass is 243 g/mol. The number of methoxy groups -OCH3 is 1. The van der Waals surface area contributed by atoms with E-state index in [1.54, 1.807) is 7.11 Å². The van der Waals surface area contributed by atoms with E-state index in [1.165, 1.54) is 0 Å². The normalized spacial score (nSPS) is 12.6. The zero-order valence-corrected chi connectivity index (χ0v) is 9.47. The minimum atomic E-state index is 0.0975. The van der Waals surface area contributed by atoms with Crippen molar-refractivity contribution in [1.29, 1.82) is 0 Å². The van der Waals surface area contributed by atoms with Gasteiger partial charge in [0.15, 0.2) is 0 Å². The molecule has 0 aliphatic heterocycles. The molecule has 0 spiro atoms. The van der Waals surface area contributed by atoms with Crippen molar-refractivity contribution in [2.24, 2.45) is 5.73 Å². The molecule has 0 radical (unpaired) electrons. The lowest BCUT2D eigenvalue weighted by molar-refractivity contribution is 0.414. The number of hydrogen-bond acceptors (Lipinski definition) is 2. The zero-order chi connectivity index (χ0) is 9.84. The molecule has 1 atom stereocenters. The highest BCUT2D eigenvalue weighted by Gasteiger charge is 2.07. The topological polar surface area (TPSA) is 35.2 Å². The summed E-state index contributed by atoms with van der Waals surface area (Å²) in [5.41, 5.74) is 7.04. The summed E-state index contributed by atoms with van der Waals surface area (Å²) in [4.78, 5) is 0. The van der Waals surface area contributed by atoms with E-state index in [9.17, 15) is 0 Å². The predicted molar refractivity (Wildman–Crippen MR) is 57.9 cm³/mol. The first-order valence-corrected chi connectivity index (χ1v) is 5.07. The Morgan fingerprint density at radius 3 is 2.69 bits per heavy atom. The molecule has 72 valence electrons. The molecule has 0 aromatic heterocycles. The molecule has 1 rings (SSSR count). The number of ether oxygens (including phenoxy) is 1. The van der Waals surface area contributed by atoms with Crippen LogP contribution in [0.5, 0.6) is 5.75 Å². The van der Waals surface area contributed by atoms with Crippen LogP contribution in [-0.4, -0.2) is 7.11 Å². The van der Waals surface area contributed by atoms with E-state index in [-0.39, 0.29) is 6.04 Å². The van der Waals surface area contributed by atoms with Gasteiger partial charge in [-0.25, -0.2) is 0 Å². The van der Waals surface area contributed by atoms with Crippen molar-refractivity contribution in [2.45, 2.75) is 19.4 Å². The van der Waals surface area contributed by atoms with Crippen LogP contribution in [-0.2, 0) is 0 Å². The Balaban J connectivity index is 2.98. The van der Waals surface area contributed by atoms with Gasteiger partial charge in [-0.05, 0) is 24.1 Å². The van der Waals surface area contributed by atoms with E-state index in [0.717, 1.165) is 22.2 Å². The third kappa shape index (κ3) is 2.45. The van der Waals surface area contributed by atoms with Gasteiger partial charge in [0, 0.05) is 10.5 Å². The first kappa shape index (κ1) is 10.5. The molecule has 0 heterocycles. The molecule has 13 heavy (non-hydrogen) atoms. The van der Waals surface area contributed by atoms with Crippen LogP contribution in [0, 0.1) is 0 Å². The standard InChI is InChI=1S/C10H14BrNO/c1-3-10(12)8-5-4-7(13-2)6-9(8)11/h4-6,10H,3,12H2,1-2H3/t10-/m1/s1. The summed E-state index contributed by atoms with van der Waals surface area (Å²) < 4.78 is 6.11. The van der Waals surface area contributed by atoms with E-state index in [1.807, 2.05) is 18.2 Å². The lowest BCUT2D eigenvalue weighted by Crippen LogP contribution is -2.09. The summed E-state index contributed by atoms with van der Waals surface area (Å²) in [5, 5.41) is 0. The van der Waals surface area contributed by atoms with E-state index >= 15 is 0 Å². The van der Waals surface area contributed by atoms with Gasteiger partial charge in [-0.3, -0.25) is 0 Å². The molecule has 0 saturated carbocycles. The third-order valence-corrected chi connectivity index (χ3v) is 2.73. The highest BCUT2D eigenvalue weighted by Crippen LogP contribution is 2.27. The lowest BCUT2D eigenvalue weighted by atomic mass is 10.1. The zero-order valence-electron chi connectivity index (χ0n) is 7.88. The average molecular weight is 244 g/mol. The Hall–Kier alpha value is -0.540. The summed E-state index contributed by atoms with van der Waals surface area (Å²) in [5.74, 6) is 0.846. The van der Waals surface area contributed by atoms with Gasteiger partial charge in [0.2, 0.25) is 0 Å². The summed E-state index contributed by atoms with van der Waals surface area (Å²) in [6.07, 6.45) is 0.935. The highest BCUT2D eigenvalue weighted by molar-refractivity contribution is 9.10. The molecule has 2 N–H and O–H groups in total. The smallest absolute Gasteiger partial charge is 0.120 e. The SMILES string of the molecule is CC[C@@H](N)c1ccc(OC)cc1Br. The van der Waals surface area contributed by atoms with Crippen LogP contribution in [0.3, 0.4) is 0 Å². The van der Waals surface area contributed by atoms with E-state index in [4.69, 9.17) is 10.5 Å². The fourth-order valence-corrected chi connectivity index (χ4v) is 1.81. The molecule has 2 nitrogen and oxygen atoms in total. The molecule has 0 bridgehead atoms. The molecule has 0 aliphatic rings. The lowest BCUT2D eigenvalue weighted by Gasteiger charge is -2.12. The van der Waals surface area contributed by atoms with Crippen LogP contribution < -0.4 is 10.5 Å². The largest absolute Gasteiger partial charge is 0.497 e. The predicted octanol–water partition coefficient (Wildman–Crippen LogP) is 2.87. The number of benzene rings is 1. The first-order valence-electron chi connectivity index (χ1n) is 4.28. The van der Waals surface area contributed by atoms with Crippen LogP contribution >= 0.6 is 15.9 Å². The molecule has 0 unspecified atom stereocenters. The van der Waals surface area contributed by atoms with Crippen LogP contribution in [0.25, 0.3) is 0 Å². The van der Waals surface area contributed by atoms with Gasteiger partial charge < -0.3 is 10.5 Å². The van der Waals surface area contributed by atoms with E-state index in [0.29, 0.717) is 0 Å². The van der Waals surface area contributed by atoms with E-state index in [2.05, 4.69) is 22.9 Å². The van der Waals surface area contributed by atoms with Crippen molar-refractivity contribution < 1.29 is 4.74 Å². The average Bonchev–Trinajstić information content (AvgIpc) is 2.16. The molecular weight excluding hydrogens is 230 g/mol. The molecular formula is C10H14BrNO. The second-order valence-electron chi connectivity index (χ2n) is 2.90. The molecule has 3 heteroatoms. The molecule has 0 aliphatic carbocycles. The Morgan fingerprint density at radius 1 is 1.54 bits per heavy atom. The number of halogens is 1. The number of hydrogen-bond donors (Lipinski definition) is 1. The van der Waals surface area contributed by atoms with Crippen LogP contribution in [0.2, 0.25) is 0 Å². The quantitative estimate of drug-likeness (QED) is 0.887. The van der Waals surface area contributed by atoms with Crippen molar-refractivity contribution in [2.75, 3.05) is 7.11 Å². The van der Waals surface area contributed by atoms with Crippen molar-refractivity contribution in [3.8, 4) is 5.75 Å². The maximum atomic E-state index is 5.92. The Labute approximate surface area is 87.2 Å². The second-order valence-corrected chi connectivity index (χ2v) is 3.76. The first-order chi connectivity index (χ1) is 6.19. The second kappa shape index (κ2) is 4.63. The summed E-state index contributed by atoms with van der Waals surface area (Å²) in [6, 6.07) is 5.96. The Morgan fingerprint density at radius 2 is 2.23 bits per heavy atom. The highest BCUT2D eigenvalue weighted by atomic mass is 79.9. The molecule has 0 saturated heterocycles. The van der Waals surface area contributed by atoms with Gasteiger partial charge in [0.25, 0.3) is 0 Å². The van der Waals surface area contributed by atoms with Gasteiger partial charge in [-0.2, -0.15) is 0 Å². The fraction of sp³-hybridized carbons (Fsp3) is 0.400. The van der Waals surface area contributed by atoms with Gasteiger partial charge in [0.05, 0.1) is 7.11 Å². The van der Waals surface area contributed by atoms with Gasteiger partial charge in [-0.1, -0.05) is 28.9 Å². The third-order valence-electron chi connectivity index (χ3n) is 2.05. The molecule has 1 aromatic carbocycles. The minimum Gasteiger partial charge on any atom is -0.497 e. The summed E-state index contributed by atoms with van der Waals surface area (Å²) in [7, 11) is 1.65. The van der Waals surface area contributed by atoms with Crippen molar-refractivity contribution in [3.63, 3.8) is 0 Å². The maximum absolute atomic E-state index is 5.92. The number of nitrogens with two attached hydrogens (primary N) is 1. The van der Waals surface area contributed by atoms with Crippen molar-refractivity contribution >= 4 is 15.9 Å². The van der Waals surface area contributed by atoms with Crippen LogP contribution in [0.1, 0.15) is 24.9 Å². The van der Waals surface area contributed by atoms with E-state index < -0.39 is 0 Å². The van der Waals surface area contributed by atoms with Crippen LogP contribution in [0.4, 0.5) is 0 Å². The van der Waals surface area contributed by atoms with Crippen LogP contribution in [0.15, 0.2) is 22.7 Å². The van der Waals surface area contributed by atoms with Crippen molar-refractivity contribution in [1.82, 2.24) is 0 Å². The Kier molecular flexibility index (Phi) is 3.75.